The molecule has 0 fully saturated rings. The van der Waals surface area contributed by atoms with Crippen LogP contribution in [0.4, 0.5) is 0 Å². The van der Waals surface area contributed by atoms with Gasteiger partial charge in [0, 0.05) is 0 Å². The maximum Gasteiger partial charge on any atom is -0.00268 e. The Kier molecular flexibility index (Phi) is 4.18. The van der Waals surface area contributed by atoms with E-state index in [1.54, 1.807) is 0 Å². The van der Waals surface area contributed by atoms with Crippen LogP contribution in [0.1, 0.15) is 5.56 Å². The van der Waals surface area contributed by atoms with Crippen molar-refractivity contribution in [2.75, 3.05) is 0 Å². The van der Waals surface area contributed by atoms with Crippen LogP contribution in [0.15, 0.2) is 103 Å². The Morgan fingerprint density at radius 1 is 0.400 bits per heavy atom. The van der Waals surface area contributed by atoms with Gasteiger partial charge in [-0.05, 0) is 40.3 Å². The molecule has 0 bridgehead atoms. The van der Waals surface area contributed by atoms with Gasteiger partial charge in [0.15, 0.2) is 0 Å². The molecule has 0 aliphatic carbocycles. The predicted octanol–water partition coefficient (Wildman–Crippen LogP) is 7.00. The molecule has 25 heavy (non-hydrogen) atoms. The fourth-order valence-electron chi connectivity index (χ4n) is 3.30. The van der Waals surface area contributed by atoms with E-state index in [2.05, 4.69) is 110 Å². The fraction of sp³-hybridized carbons (Fsp3) is 0.0400. The summed E-state index contributed by atoms with van der Waals surface area (Å²) in [7, 11) is 0. The minimum Gasteiger partial charge on any atom is -0.0622 e. The molecule has 0 nitrogen and oxygen atoms in total. The molecule has 0 atom stereocenters. The first kappa shape index (κ1) is 15.4. The van der Waals surface area contributed by atoms with E-state index in [0.717, 1.165) is 0 Å². The Bertz CT molecular complexity index is 908. The molecule has 0 aromatic heterocycles. The Balaban J connectivity index is 2.01. The van der Waals surface area contributed by atoms with Gasteiger partial charge < -0.3 is 0 Å². The van der Waals surface area contributed by atoms with E-state index in [9.17, 15) is 0 Å². The maximum atomic E-state index is 2.23. The monoisotopic (exact) mass is 320 g/mol. The predicted molar refractivity (Wildman–Crippen MR) is 107 cm³/mol. The fourth-order valence-corrected chi connectivity index (χ4v) is 3.30. The van der Waals surface area contributed by atoms with Crippen LogP contribution >= 0.6 is 0 Å². The number of benzene rings is 4. The van der Waals surface area contributed by atoms with Crippen LogP contribution in [-0.4, -0.2) is 0 Å². The van der Waals surface area contributed by atoms with Gasteiger partial charge in [-0.25, -0.2) is 0 Å². The van der Waals surface area contributed by atoms with Crippen molar-refractivity contribution in [3.63, 3.8) is 0 Å². The van der Waals surface area contributed by atoms with Crippen molar-refractivity contribution in [1.29, 1.82) is 0 Å². The highest BCUT2D eigenvalue weighted by Gasteiger charge is 2.13. The number of rotatable bonds is 3. The van der Waals surface area contributed by atoms with Crippen molar-refractivity contribution < 1.29 is 0 Å². The summed E-state index contributed by atoms with van der Waals surface area (Å²) in [4.78, 5) is 0. The second-order valence-corrected chi connectivity index (χ2v) is 6.33. The van der Waals surface area contributed by atoms with Crippen LogP contribution < -0.4 is 0 Å². The third-order valence-electron chi connectivity index (χ3n) is 4.57. The third kappa shape index (κ3) is 3.12. The molecule has 0 saturated carbocycles. The van der Waals surface area contributed by atoms with E-state index in [-0.39, 0.29) is 0 Å². The molecule has 4 aromatic carbocycles. The summed E-state index contributed by atoms with van der Waals surface area (Å²) in [6.45, 7) is 2.13. The van der Waals surface area contributed by atoms with E-state index in [1.807, 2.05) is 0 Å². The summed E-state index contributed by atoms with van der Waals surface area (Å²) in [5.41, 5.74) is 8.86. The lowest BCUT2D eigenvalue weighted by atomic mass is 9.87. The Morgan fingerprint density at radius 3 is 1.36 bits per heavy atom. The first-order chi connectivity index (χ1) is 12.3. The van der Waals surface area contributed by atoms with Gasteiger partial charge in [-0.2, -0.15) is 0 Å². The average Bonchev–Trinajstić information content (AvgIpc) is 2.69. The summed E-state index contributed by atoms with van der Waals surface area (Å²) >= 11 is 0. The summed E-state index contributed by atoms with van der Waals surface area (Å²) in [6.07, 6.45) is 0. The third-order valence-corrected chi connectivity index (χ3v) is 4.57. The largest absolute Gasteiger partial charge is 0.0622 e. The minimum atomic E-state index is 1.25. The molecule has 0 saturated heterocycles. The van der Waals surface area contributed by atoms with Crippen molar-refractivity contribution in [3.8, 4) is 33.4 Å². The molecule has 0 heteroatoms. The van der Waals surface area contributed by atoms with Crippen molar-refractivity contribution in [3.05, 3.63) is 109 Å². The molecule has 0 aliphatic rings. The van der Waals surface area contributed by atoms with Gasteiger partial charge in [-0.1, -0.05) is 109 Å². The highest BCUT2D eigenvalue weighted by Crippen LogP contribution is 2.39. The minimum absolute atomic E-state index is 1.25. The molecule has 0 spiro atoms. The van der Waals surface area contributed by atoms with Crippen molar-refractivity contribution in [2.45, 2.75) is 6.92 Å². The molecule has 0 amide bonds. The zero-order chi connectivity index (χ0) is 17.1. The van der Waals surface area contributed by atoms with Gasteiger partial charge in [-0.3, -0.25) is 0 Å². The van der Waals surface area contributed by atoms with Crippen molar-refractivity contribution in [1.82, 2.24) is 0 Å². The van der Waals surface area contributed by atoms with Gasteiger partial charge in [0.25, 0.3) is 0 Å². The van der Waals surface area contributed by atoms with Crippen LogP contribution in [0, 0.1) is 6.92 Å². The lowest BCUT2D eigenvalue weighted by molar-refractivity contribution is 1.46. The van der Waals surface area contributed by atoms with Crippen LogP contribution in [0.2, 0.25) is 0 Å². The smallest absolute Gasteiger partial charge is 0.00268 e. The van der Waals surface area contributed by atoms with Crippen LogP contribution in [-0.2, 0) is 0 Å². The maximum absolute atomic E-state index is 2.23. The first-order valence-electron chi connectivity index (χ1n) is 8.64. The van der Waals surface area contributed by atoms with E-state index in [4.69, 9.17) is 0 Å². The molecule has 0 radical (unpaired) electrons. The second kappa shape index (κ2) is 6.78. The highest BCUT2D eigenvalue weighted by atomic mass is 14.2. The normalized spacial score (nSPS) is 10.6. The first-order valence-corrected chi connectivity index (χ1v) is 8.64. The summed E-state index contributed by atoms with van der Waals surface area (Å²) in [6, 6.07) is 36.7. The van der Waals surface area contributed by atoms with Gasteiger partial charge >= 0.3 is 0 Å². The molecular formula is C25H20. The van der Waals surface area contributed by atoms with Crippen molar-refractivity contribution >= 4 is 0 Å². The zero-order valence-electron chi connectivity index (χ0n) is 14.3. The van der Waals surface area contributed by atoms with Gasteiger partial charge in [0.1, 0.15) is 0 Å². The van der Waals surface area contributed by atoms with Crippen LogP contribution in [0.5, 0.6) is 0 Å². The number of hydrogen-bond acceptors (Lipinski definition) is 0. The number of aryl methyl sites for hydroxylation is 1. The molecule has 0 N–H and O–H groups in total. The lowest BCUT2D eigenvalue weighted by Crippen LogP contribution is -1.90. The SMILES string of the molecule is Cc1ccc(-c2c(-c3ccccc3)cccc2-c2ccccc2)cc1. The molecule has 0 heterocycles. The number of hydrogen-bond donors (Lipinski definition) is 0. The Morgan fingerprint density at radius 2 is 0.880 bits per heavy atom. The van der Waals surface area contributed by atoms with Crippen LogP contribution in [0.3, 0.4) is 0 Å². The highest BCUT2D eigenvalue weighted by molar-refractivity contribution is 5.94. The van der Waals surface area contributed by atoms with Crippen molar-refractivity contribution in [2.24, 2.45) is 0 Å². The molecule has 120 valence electrons. The molecule has 0 aliphatic heterocycles. The summed E-state index contributed by atoms with van der Waals surface area (Å²) in [5.74, 6) is 0. The molecule has 4 aromatic rings. The van der Waals surface area contributed by atoms with Gasteiger partial charge in [-0.15, -0.1) is 0 Å². The van der Waals surface area contributed by atoms with E-state index < -0.39 is 0 Å². The Labute approximate surface area is 149 Å². The van der Waals surface area contributed by atoms with E-state index in [0.29, 0.717) is 0 Å². The van der Waals surface area contributed by atoms with E-state index >= 15 is 0 Å². The lowest BCUT2D eigenvalue weighted by Gasteiger charge is -2.16. The summed E-state index contributed by atoms with van der Waals surface area (Å²) in [5, 5.41) is 0. The quantitative estimate of drug-likeness (QED) is 0.381. The van der Waals surface area contributed by atoms with Crippen LogP contribution in [0.25, 0.3) is 33.4 Å². The zero-order valence-corrected chi connectivity index (χ0v) is 14.3. The molecular weight excluding hydrogens is 300 g/mol. The van der Waals surface area contributed by atoms with E-state index in [1.165, 1.54) is 38.9 Å². The topological polar surface area (TPSA) is 0 Å². The standard InChI is InChI=1S/C25H20/c1-19-15-17-22(18-16-19)25-23(20-9-4-2-5-10-20)13-8-14-24(25)21-11-6-3-7-12-21/h2-18H,1H3. The van der Waals surface area contributed by atoms with Gasteiger partial charge in [0.05, 0.1) is 0 Å². The Hall–Kier alpha value is -3.12. The van der Waals surface area contributed by atoms with Gasteiger partial charge in [0.2, 0.25) is 0 Å². The molecule has 0 unspecified atom stereocenters. The average molecular weight is 320 g/mol. The molecule has 4 rings (SSSR count). The second-order valence-electron chi connectivity index (χ2n) is 6.33. The summed E-state index contributed by atoms with van der Waals surface area (Å²) < 4.78 is 0.